The molecule has 0 saturated carbocycles. The van der Waals surface area contributed by atoms with Gasteiger partial charge in [0.25, 0.3) is 0 Å². The molecule has 10 heavy (non-hydrogen) atoms. The Morgan fingerprint density at radius 2 is 2.60 bits per heavy atom. The average molecular weight is 144 g/mol. The topological polar surface area (TPSA) is 70.4 Å². The van der Waals surface area contributed by atoms with E-state index in [0.29, 0.717) is 5.76 Å². The smallest absolute Gasteiger partial charge is 0.409 e. The maximum absolute atomic E-state index is 10.5. The molecule has 0 fully saturated rings. The molecular weight excluding hydrogens is 136 g/mol. The Labute approximate surface area is 57.0 Å². The van der Waals surface area contributed by atoms with Gasteiger partial charge in [0.2, 0.25) is 0 Å². The highest BCUT2D eigenvalue weighted by Crippen LogP contribution is 1.94. The Hall–Kier alpha value is -1.23. The number of ether oxygens (including phenoxy) is 1. The second kappa shape index (κ2) is 2.57. The fourth-order valence-corrected chi connectivity index (χ4v) is 0.608. The summed E-state index contributed by atoms with van der Waals surface area (Å²) >= 11 is 0. The highest BCUT2D eigenvalue weighted by molar-refractivity contribution is 4.88. The van der Waals surface area contributed by atoms with Crippen LogP contribution in [0.4, 0.5) is 0 Å². The molecule has 0 saturated heterocycles. The molecule has 0 aliphatic rings. The van der Waals surface area contributed by atoms with E-state index in [1.807, 2.05) is 0 Å². The van der Waals surface area contributed by atoms with Gasteiger partial charge in [-0.05, 0) is 0 Å². The van der Waals surface area contributed by atoms with Crippen LogP contribution in [0.2, 0.25) is 0 Å². The minimum absolute atomic E-state index is 0.263. The Kier molecular flexibility index (Phi) is 1.77. The molecule has 2 N–H and O–H groups in total. The first kappa shape index (κ1) is 6.88. The van der Waals surface area contributed by atoms with Gasteiger partial charge in [0, 0.05) is 7.11 Å². The van der Waals surface area contributed by atoms with Gasteiger partial charge in [-0.25, -0.2) is 4.79 Å². The van der Waals surface area contributed by atoms with Crippen LogP contribution in [0.15, 0.2) is 15.4 Å². The number of oxazole rings is 1. The van der Waals surface area contributed by atoms with Crippen molar-refractivity contribution in [3.63, 3.8) is 0 Å². The van der Waals surface area contributed by atoms with Crippen LogP contribution < -0.4 is 11.6 Å². The second-order valence-corrected chi connectivity index (χ2v) is 1.80. The SMILES string of the molecule is COCc1cn(N)c(=O)o1. The molecule has 0 unspecified atom stereocenters. The van der Waals surface area contributed by atoms with E-state index in [9.17, 15) is 4.79 Å². The number of nitrogens with zero attached hydrogens (tertiary/aromatic N) is 1. The first-order valence-electron chi connectivity index (χ1n) is 2.69. The molecule has 0 bridgehead atoms. The van der Waals surface area contributed by atoms with Crippen molar-refractivity contribution in [3.05, 3.63) is 22.5 Å². The van der Waals surface area contributed by atoms with Gasteiger partial charge in [0.05, 0.1) is 6.20 Å². The van der Waals surface area contributed by atoms with Gasteiger partial charge in [0.15, 0.2) is 5.76 Å². The van der Waals surface area contributed by atoms with E-state index in [0.717, 1.165) is 4.68 Å². The maximum Gasteiger partial charge on any atom is 0.437 e. The van der Waals surface area contributed by atoms with Crippen LogP contribution in [0.3, 0.4) is 0 Å². The number of methoxy groups -OCH3 is 1. The monoisotopic (exact) mass is 144 g/mol. The van der Waals surface area contributed by atoms with E-state index in [1.165, 1.54) is 13.3 Å². The molecule has 0 radical (unpaired) electrons. The third kappa shape index (κ3) is 1.19. The lowest BCUT2D eigenvalue weighted by Gasteiger charge is -1.87. The molecule has 56 valence electrons. The first-order valence-corrected chi connectivity index (χ1v) is 2.69. The molecule has 0 aliphatic heterocycles. The Bertz CT molecular complexity index is 262. The van der Waals surface area contributed by atoms with Gasteiger partial charge in [-0.15, -0.1) is 0 Å². The van der Waals surface area contributed by atoms with Crippen molar-refractivity contribution >= 4 is 0 Å². The van der Waals surface area contributed by atoms with Gasteiger partial charge in [-0.2, -0.15) is 4.68 Å². The molecule has 1 aromatic rings. The van der Waals surface area contributed by atoms with Crippen LogP contribution >= 0.6 is 0 Å². The summed E-state index contributed by atoms with van der Waals surface area (Å²) in [6, 6.07) is 0. The molecule has 1 rings (SSSR count). The molecule has 0 amide bonds. The van der Waals surface area contributed by atoms with Crippen LogP contribution in [-0.4, -0.2) is 11.8 Å². The van der Waals surface area contributed by atoms with Crippen LogP contribution in [-0.2, 0) is 11.3 Å². The summed E-state index contributed by atoms with van der Waals surface area (Å²) in [5.74, 6) is 4.97. The Morgan fingerprint density at radius 3 is 3.00 bits per heavy atom. The second-order valence-electron chi connectivity index (χ2n) is 1.80. The number of nitrogen functional groups attached to an aromatic ring is 1. The zero-order valence-corrected chi connectivity index (χ0v) is 5.53. The zero-order chi connectivity index (χ0) is 7.56. The molecule has 0 atom stereocenters. The van der Waals surface area contributed by atoms with Crippen LogP contribution in [0, 0.1) is 0 Å². The standard InChI is InChI=1S/C5H8N2O3/c1-9-3-4-2-7(6)5(8)10-4/h2H,3,6H2,1H3. The number of nitrogens with two attached hydrogens (primary N) is 1. The highest BCUT2D eigenvalue weighted by atomic mass is 16.5. The highest BCUT2D eigenvalue weighted by Gasteiger charge is 2.00. The Balaban J connectivity index is 2.88. The molecule has 0 aromatic carbocycles. The van der Waals surface area contributed by atoms with Crippen molar-refractivity contribution in [2.75, 3.05) is 13.0 Å². The lowest BCUT2D eigenvalue weighted by Crippen LogP contribution is -2.20. The van der Waals surface area contributed by atoms with E-state index in [4.69, 9.17) is 10.6 Å². The van der Waals surface area contributed by atoms with Crippen molar-refractivity contribution in [1.29, 1.82) is 0 Å². The molecule has 5 heteroatoms. The number of hydrogen-bond acceptors (Lipinski definition) is 4. The minimum atomic E-state index is -0.577. The minimum Gasteiger partial charge on any atom is -0.409 e. The molecule has 5 nitrogen and oxygen atoms in total. The van der Waals surface area contributed by atoms with Crippen LogP contribution in [0.1, 0.15) is 5.76 Å². The largest absolute Gasteiger partial charge is 0.437 e. The zero-order valence-electron chi connectivity index (χ0n) is 5.53. The normalized spacial score (nSPS) is 10.1. The predicted octanol–water partition coefficient (Wildman–Crippen LogP) is -0.699. The van der Waals surface area contributed by atoms with Gasteiger partial charge in [-0.3, -0.25) is 0 Å². The molecule has 1 aromatic heterocycles. The quantitative estimate of drug-likeness (QED) is 0.557. The average Bonchev–Trinajstić information content (AvgIpc) is 2.14. The predicted molar refractivity (Wildman–Crippen MR) is 33.8 cm³/mol. The molecular formula is C5H8N2O3. The van der Waals surface area contributed by atoms with E-state index in [2.05, 4.69) is 4.42 Å². The van der Waals surface area contributed by atoms with Crippen molar-refractivity contribution in [2.24, 2.45) is 0 Å². The summed E-state index contributed by atoms with van der Waals surface area (Å²) in [4.78, 5) is 10.5. The summed E-state index contributed by atoms with van der Waals surface area (Å²) in [6.45, 7) is 0.263. The summed E-state index contributed by atoms with van der Waals surface area (Å²) in [6.07, 6.45) is 1.38. The van der Waals surface area contributed by atoms with Crippen molar-refractivity contribution < 1.29 is 9.15 Å². The summed E-state index contributed by atoms with van der Waals surface area (Å²) in [7, 11) is 1.51. The fraction of sp³-hybridized carbons (Fsp3) is 0.400. The Morgan fingerprint density at radius 1 is 1.90 bits per heavy atom. The number of rotatable bonds is 2. The fourth-order valence-electron chi connectivity index (χ4n) is 0.608. The van der Waals surface area contributed by atoms with Crippen molar-refractivity contribution in [1.82, 2.24) is 4.68 Å². The van der Waals surface area contributed by atoms with Gasteiger partial charge in [-0.1, -0.05) is 0 Å². The molecule has 0 spiro atoms. The first-order chi connectivity index (χ1) is 4.74. The third-order valence-corrected chi connectivity index (χ3v) is 0.999. The summed E-state index contributed by atoms with van der Waals surface area (Å²) in [5, 5.41) is 0. The van der Waals surface area contributed by atoms with Gasteiger partial charge < -0.3 is 15.0 Å². The number of aromatic nitrogens is 1. The van der Waals surface area contributed by atoms with Crippen molar-refractivity contribution in [3.8, 4) is 0 Å². The lowest BCUT2D eigenvalue weighted by molar-refractivity contribution is 0.162. The number of hydrogen-bond donors (Lipinski definition) is 1. The maximum atomic E-state index is 10.5. The van der Waals surface area contributed by atoms with Gasteiger partial charge in [0.1, 0.15) is 6.61 Å². The molecule has 1 heterocycles. The van der Waals surface area contributed by atoms with E-state index in [-0.39, 0.29) is 6.61 Å². The van der Waals surface area contributed by atoms with E-state index < -0.39 is 5.76 Å². The van der Waals surface area contributed by atoms with Crippen LogP contribution in [0.25, 0.3) is 0 Å². The van der Waals surface area contributed by atoms with E-state index in [1.54, 1.807) is 0 Å². The molecule has 0 aliphatic carbocycles. The van der Waals surface area contributed by atoms with Crippen LogP contribution in [0.5, 0.6) is 0 Å². The third-order valence-electron chi connectivity index (χ3n) is 0.999. The van der Waals surface area contributed by atoms with E-state index >= 15 is 0 Å². The summed E-state index contributed by atoms with van der Waals surface area (Å²) < 4.78 is 10.2. The lowest BCUT2D eigenvalue weighted by atomic mass is 10.6. The van der Waals surface area contributed by atoms with Gasteiger partial charge >= 0.3 is 5.76 Å². The summed E-state index contributed by atoms with van der Waals surface area (Å²) in [5.41, 5.74) is 0. The van der Waals surface area contributed by atoms with Crippen molar-refractivity contribution in [2.45, 2.75) is 6.61 Å².